The van der Waals surface area contributed by atoms with Crippen molar-refractivity contribution >= 4 is 0 Å². The molecule has 12 heavy (non-hydrogen) atoms. The summed E-state index contributed by atoms with van der Waals surface area (Å²) >= 11 is 0. The molecule has 0 aliphatic heterocycles. The molecular weight excluding hydrogens is 148 g/mol. The molecule has 0 aromatic carbocycles. The largest absolute Gasteiger partial charge is 0.393 e. The van der Waals surface area contributed by atoms with Crippen molar-refractivity contribution in [3.05, 3.63) is 0 Å². The molecule has 1 N–H and O–H groups in total. The molecule has 74 valence electrons. The van der Waals surface area contributed by atoms with Crippen LogP contribution in [0, 0.1) is 5.92 Å². The topological polar surface area (TPSA) is 20.2 Å². The normalized spacial score (nSPS) is 16.0. The van der Waals surface area contributed by atoms with Crippen LogP contribution < -0.4 is 0 Å². The Bertz CT molecular complexity index is 89.0. The van der Waals surface area contributed by atoms with Crippen LogP contribution in [0.5, 0.6) is 0 Å². The number of unbranched alkanes of at least 4 members (excludes halogenated alkanes) is 1. The van der Waals surface area contributed by atoms with Gasteiger partial charge in [0.2, 0.25) is 0 Å². The van der Waals surface area contributed by atoms with Gasteiger partial charge >= 0.3 is 0 Å². The Labute approximate surface area is 77.2 Å². The minimum Gasteiger partial charge on any atom is -0.393 e. The van der Waals surface area contributed by atoms with E-state index in [0.717, 1.165) is 12.3 Å². The van der Waals surface area contributed by atoms with Crippen molar-refractivity contribution in [3.63, 3.8) is 0 Å². The van der Waals surface area contributed by atoms with Gasteiger partial charge in [-0.15, -0.1) is 0 Å². The summed E-state index contributed by atoms with van der Waals surface area (Å²) in [7, 11) is 0. The molecule has 1 heteroatoms. The van der Waals surface area contributed by atoms with Crippen LogP contribution in [0.3, 0.4) is 0 Å². The van der Waals surface area contributed by atoms with Crippen LogP contribution in [0.25, 0.3) is 0 Å². The van der Waals surface area contributed by atoms with E-state index in [9.17, 15) is 0 Å². The van der Waals surface area contributed by atoms with Gasteiger partial charge in [0.25, 0.3) is 0 Å². The summed E-state index contributed by atoms with van der Waals surface area (Å²) in [5.74, 6) is 0.879. The van der Waals surface area contributed by atoms with E-state index in [4.69, 9.17) is 5.11 Å². The highest BCUT2D eigenvalue weighted by atomic mass is 16.3. The molecule has 0 saturated carbocycles. The van der Waals surface area contributed by atoms with E-state index in [1.807, 2.05) is 6.92 Å². The zero-order valence-electron chi connectivity index (χ0n) is 8.84. The summed E-state index contributed by atoms with van der Waals surface area (Å²) in [6, 6.07) is 0. The van der Waals surface area contributed by atoms with Gasteiger partial charge in [0, 0.05) is 0 Å². The Morgan fingerprint density at radius 1 is 1.00 bits per heavy atom. The van der Waals surface area contributed by atoms with Crippen LogP contribution in [0.4, 0.5) is 0 Å². The molecule has 0 aliphatic rings. The number of hydrogen-bond acceptors (Lipinski definition) is 1. The van der Waals surface area contributed by atoms with Crippen LogP contribution in [-0.2, 0) is 0 Å². The van der Waals surface area contributed by atoms with Crippen LogP contribution in [0.2, 0.25) is 0 Å². The van der Waals surface area contributed by atoms with Crippen molar-refractivity contribution < 1.29 is 5.11 Å². The van der Waals surface area contributed by atoms with Gasteiger partial charge in [-0.25, -0.2) is 0 Å². The van der Waals surface area contributed by atoms with Gasteiger partial charge in [-0.2, -0.15) is 0 Å². The Morgan fingerprint density at radius 3 is 2.08 bits per heavy atom. The third kappa shape index (κ3) is 8.06. The molecule has 0 spiro atoms. The molecule has 0 aromatic heterocycles. The predicted octanol–water partition coefficient (Wildman–Crippen LogP) is 3.36. The number of aliphatic hydroxyl groups is 1. The van der Waals surface area contributed by atoms with Gasteiger partial charge in [-0.3, -0.25) is 0 Å². The lowest BCUT2D eigenvalue weighted by molar-refractivity contribution is 0.179. The molecule has 0 aromatic rings. The van der Waals surface area contributed by atoms with E-state index >= 15 is 0 Å². The summed E-state index contributed by atoms with van der Waals surface area (Å²) < 4.78 is 0. The van der Waals surface area contributed by atoms with Gasteiger partial charge in [0.1, 0.15) is 0 Å². The molecule has 0 unspecified atom stereocenters. The van der Waals surface area contributed by atoms with Gasteiger partial charge in [-0.1, -0.05) is 46.0 Å². The minimum absolute atomic E-state index is 0.105. The molecule has 0 fully saturated rings. The van der Waals surface area contributed by atoms with Crippen molar-refractivity contribution in [2.45, 2.75) is 65.4 Å². The minimum atomic E-state index is -0.105. The molecule has 2 atom stereocenters. The molecule has 0 aliphatic carbocycles. The lowest BCUT2D eigenvalue weighted by Gasteiger charge is -2.09. The third-order valence-corrected chi connectivity index (χ3v) is 2.35. The van der Waals surface area contributed by atoms with Crippen LogP contribution >= 0.6 is 0 Å². The molecule has 0 rings (SSSR count). The fourth-order valence-electron chi connectivity index (χ4n) is 1.57. The maximum Gasteiger partial charge on any atom is 0.0512 e. The van der Waals surface area contributed by atoms with E-state index in [-0.39, 0.29) is 6.10 Å². The average molecular weight is 172 g/mol. The van der Waals surface area contributed by atoms with Gasteiger partial charge in [0.15, 0.2) is 0 Å². The summed E-state index contributed by atoms with van der Waals surface area (Å²) in [4.78, 5) is 0. The molecule has 0 amide bonds. The van der Waals surface area contributed by atoms with Gasteiger partial charge in [-0.05, 0) is 19.3 Å². The van der Waals surface area contributed by atoms with Gasteiger partial charge in [0.05, 0.1) is 6.10 Å². The second-order valence-electron chi connectivity index (χ2n) is 4.03. The first kappa shape index (κ1) is 12.0. The highest BCUT2D eigenvalue weighted by Gasteiger charge is 2.01. The first-order chi connectivity index (χ1) is 5.66. The summed E-state index contributed by atoms with van der Waals surface area (Å²) in [5.41, 5.74) is 0. The average Bonchev–Trinajstić information content (AvgIpc) is 1.98. The summed E-state index contributed by atoms with van der Waals surface area (Å²) in [5, 5.41) is 9.02. The first-order valence-corrected chi connectivity index (χ1v) is 5.34. The second-order valence-corrected chi connectivity index (χ2v) is 4.03. The highest BCUT2D eigenvalue weighted by Crippen LogP contribution is 2.14. The number of aliphatic hydroxyl groups excluding tert-OH is 1. The highest BCUT2D eigenvalue weighted by molar-refractivity contribution is 4.54. The number of hydrogen-bond donors (Lipinski definition) is 1. The molecule has 0 saturated heterocycles. The zero-order valence-corrected chi connectivity index (χ0v) is 8.84. The maximum atomic E-state index is 9.02. The van der Waals surface area contributed by atoms with Crippen LogP contribution in [0.15, 0.2) is 0 Å². The first-order valence-electron chi connectivity index (χ1n) is 5.34. The monoisotopic (exact) mass is 172 g/mol. The molecule has 0 radical (unpaired) electrons. The lowest BCUT2D eigenvalue weighted by atomic mass is 9.98. The SMILES string of the molecule is CCC[C@@H](C)CCCC[C@@H](C)O. The third-order valence-electron chi connectivity index (χ3n) is 2.35. The van der Waals surface area contributed by atoms with Crippen LogP contribution in [0.1, 0.15) is 59.3 Å². The van der Waals surface area contributed by atoms with Crippen molar-refractivity contribution in [2.24, 2.45) is 5.92 Å². The summed E-state index contributed by atoms with van der Waals surface area (Å²) in [6.45, 7) is 6.44. The van der Waals surface area contributed by atoms with E-state index in [1.54, 1.807) is 0 Å². The standard InChI is InChI=1S/C11H24O/c1-4-7-10(2)8-5-6-9-11(3)12/h10-12H,4-9H2,1-3H3/t10-,11-/m1/s1. The Balaban J connectivity index is 3.08. The quantitative estimate of drug-likeness (QED) is 0.584. The molecule has 0 bridgehead atoms. The van der Waals surface area contributed by atoms with E-state index in [1.165, 1.54) is 32.1 Å². The maximum absolute atomic E-state index is 9.02. The van der Waals surface area contributed by atoms with Crippen LogP contribution in [-0.4, -0.2) is 11.2 Å². The van der Waals surface area contributed by atoms with E-state index < -0.39 is 0 Å². The number of rotatable bonds is 7. The lowest BCUT2D eigenvalue weighted by Crippen LogP contribution is -2.00. The van der Waals surface area contributed by atoms with Crippen molar-refractivity contribution in [1.29, 1.82) is 0 Å². The van der Waals surface area contributed by atoms with Crippen molar-refractivity contribution in [3.8, 4) is 0 Å². The Morgan fingerprint density at radius 2 is 1.58 bits per heavy atom. The second kappa shape index (κ2) is 7.60. The predicted molar refractivity (Wildman–Crippen MR) is 54.2 cm³/mol. The zero-order chi connectivity index (χ0) is 9.40. The van der Waals surface area contributed by atoms with E-state index in [2.05, 4.69) is 13.8 Å². The molecule has 1 nitrogen and oxygen atoms in total. The Kier molecular flexibility index (Phi) is 7.58. The van der Waals surface area contributed by atoms with E-state index in [0.29, 0.717) is 0 Å². The van der Waals surface area contributed by atoms with Crippen molar-refractivity contribution in [1.82, 2.24) is 0 Å². The molecule has 0 heterocycles. The summed E-state index contributed by atoms with van der Waals surface area (Å²) in [6.07, 6.45) is 7.33. The van der Waals surface area contributed by atoms with Crippen molar-refractivity contribution in [2.75, 3.05) is 0 Å². The molecular formula is C11H24O. The van der Waals surface area contributed by atoms with Gasteiger partial charge < -0.3 is 5.11 Å². The fourth-order valence-corrected chi connectivity index (χ4v) is 1.57. The Hall–Kier alpha value is -0.0400. The smallest absolute Gasteiger partial charge is 0.0512 e. The fraction of sp³-hybridized carbons (Fsp3) is 1.00.